The minimum absolute atomic E-state index is 0.104. The maximum atomic E-state index is 11.6. The van der Waals surface area contributed by atoms with E-state index in [9.17, 15) is 9.59 Å². The first-order valence-corrected chi connectivity index (χ1v) is 5.07. The van der Waals surface area contributed by atoms with Gasteiger partial charge in [-0.25, -0.2) is 4.79 Å². The predicted octanol–water partition coefficient (Wildman–Crippen LogP) is 1.88. The van der Waals surface area contributed by atoms with E-state index in [0.717, 1.165) is 0 Å². The molecule has 0 radical (unpaired) electrons. The van der Waals surface area contributed by atoms with Crippen LogP contribution in [0.15, 0.2) is 12.7 Å². The molecule has 0 unspecified atom stereocenters. The summed E-state index contributed by atoms with van der Waals surface area (Å²) in [5.41, 5.74) is -0.584. The topological polar surface area (TPSA) is 66.8 Å². The fraction of sp³-hybridized carbons (Fsp3) is 0.636. The smallest absolute Gasteiger partial charge is 0.410 e. The number of hydrogen-bond acceptors (Lipinski definition) is 3. The molecule has 1 N–H and O–H groups in total. The summed E-state index contributed by atoms with van der Waals surface area (Å²) in [4.78, 5) is 23.3. The molecule has 16 heavy (non-hydrogen) atoms. The third-order valence-electron chi connectivity index (χ3n) is 1.60. The summed E-state index contributed by atoms with van der Waals surface area (Å²) < 4.78 is 5.13. The molecule has 5 heteroatoms. The van der Waals surface area contributed by atoms with Gasteiger partial charge in [0.15, 0.2) is 0 Å². The van der Waals surface area contributed by atoms with Gasteiger partial charge in [0, 0.05) is 13.1 Å². The van der Waals surface area contributed by atoms with Gasteiger partial charge in [0.2, 0.25) is 0 Å². The number of carboxylic acid groups (broad SMARTS) is 1. The van der Waals surface area contributed by atoms with E-state index in [1.807, 2.05) is 0 Å². The Morgan fingerprint density at radius 3 is 2.38 bits per heavy atom. The van der Waals surface area contributed by atoms with Crippen molar-refractivity contribution in [1.82, 2.24) is 4.90 Å². The Labute approximate surface area is 95.7 Å². The van der Waals surface area contributed by atoms with Gasteiger partial charge in [0.05, 0.1) is 6.42 Å². The van der Waals surface area contributed by atoms with Crippen LogP contribution in [0.3, 0.4) is 0 Å². The van der Waals surface area contributed by atoms with Crippen molar-refractivity contribution < 1.29 is 19.4 Å². The first-order chi connectivity index (χ1) is 7.26. The average molecular weight is 229 g/mol. The lowest BCUT2D eigenvalue weighted by Crippen LogP contribution is -2.38. The second kappa shape index (κ2) is 6.15. The fourth-order valence-electron chi connectivity index (χ4n) is 0.970. The molecule has 0 atom stereocenters. The number of amides is 1. The molecule has 0 bridgehead atoms. The molecule has 0 aliphatic carbocycles. The van der Waals surface area contributed by atoms with E-state index in [2.05, 4.69) is 6.58 Å². The lowest BCUT2D eigenvalue weighted by Gasteiger charge is -2.26. The maximum absolute atomic E-state index is 11.6. The molecule has 0 aromatic rings. The number of rotatable bonds is 5. The Morgan fingerprint density at radius 1 is 1.44 bits per heavy atom. The van der Waals surface area contributed by atoms with Crippen molar-refractivity contribution in [3.8, 4) is 0 Å². The Morgan fingerprint density at radius 2 is 2.00 bits per heavy atom. The zero-order chi connectivity index (χ0) is 12.8. The summed E-state index contributed by atoms with van der Waals surface area (Å²) in [6.07, 6.45) is 0.910. The average Bonchev–Trinajstić information content (AvgIpc) is 2.08. The van der Waals surface area contributed by atoms with E-state index in [1.165, 1.54) is 11.0 Å². The zero-order valence-electron chi connectivity index (χ0n) is 10.0. The third-order valence-corrected chi connectivity index (χ3v) is 1.60. The molecule has 92 valence electrons. The normalized spacial score (nSPS) is 10.7. The van der Waals surface area contributed by atoms with Crippen molar-refractivity contribution >= 4 is 12.1 Å². The number of carboxylic acids is 1. The maximum Gasteiger partial charge on any atom is 0.410 e. The Kier molecular flexibility index (Phi) is 5.56. The molecular weight excluding hydrogens is 210 g/mol. The summed E-state index contributed by atoms with van der Waals surface area (Å²) in [6.45, 7) is 9.19. The first-order valence-electron chi connectivity index (χ1n) is 5.07. The Bertz CT molecular complexity index is 268. The van der Waals surface area contributed by atoms with E-state index in [-0.39, 0.29) is 19.5 Å². The molecule has 0 saturated heterocycles. The van der Waals surface area contributed by atoms with Gasteiger partial charge in [-0.3, -0.25) is 4.79 Å². The first kappa shape index (κ1) is 14.5. The monoisotopic (exact) mass is 229 g/mol. The van der Waals surface area contributed by atoms with Crippen molar-refractivity contribution in [3.05, 3.63) is 12.7 Å². The van der Waals surface area contributed by atoms with Crippen LogP contribution >= 0.6 is 0 Å². The van der Waals surface area contributed by atoms with E-state index in [1.54, 1.807) is 20.8 Å². The molecule has 0 rings (SSSR count). The van der Waals surface area contributed by atoms with Crippen LogP contribution in [0.4, 0.5) is 4.79 Å². The van der Waals surface area contributed by atoms with Crippen molar-refractivity contribution in [3.63, 3.8) is 0 Å². The van der Waals surface area contributed by atoms with Gasteiger partial charge in [0.1, 0.15) is 5.60 Å². The van der Waals surface area contributed by atoms with Gasteiger partial charge < -0.3 is 14.7 Å². The zero-order valence-corrected chi connectivity index (χ0v) is 10.0. The summed E-state index contributed by atoms with van der Waals surface area (Å²) in [5, 5.41) is 8.54. The highest BCUT2D eigenvalue weighted by Crippen LogP contribution is 2.10. The summed E-state index contributed by atoms with van der Waals surface area (Å²) in [5.74, 6) is -0.947. The molecule has 0 aliphatic heterocycles. The van der Waals surface area contributed by atoms with Crippen molar-refractivity contribution in [2.75, 3.05) is 13.1 Å². The standard InChI is InChI=1S/C11H19NO4/c1-5-7-12(8-6-9(13)14)10(15)16-11(2,3)4/h5H,1,6-8H2,2-4H3,(H,13,14). The van der Waals surface area contributed by atoms with Crippen molar-refractivity contribution in [1.29, 1.82) is 0 Å². The number of carbonyl (C=O) groups is 2. The lowest BCUT2D eigenvalue weighted by molar-refractivity contribution is -0.137. The molecule has 0 spiro atoms. The highest BCUT2D eigenvalue weighted by molar-refractivity contribution is 5.71. The number of carbonyl (C=O) groups excluding carboxylic acids is 1. The highest BCUT2D eigenvalue weighted by atomic mass is 16.6. The van der Waals surface area contributed by atoms with Gasteiger partial charge in [0.25, 0.3) is 0 Å². The van der Waals surface area contributed by atoms with Crippen molar-refractivity contribution in [2.24, 2.45) is 0 Å². The second-order valence-corrected chi connectivity index (χ2v) is 4.36. The minimum atomic E-state index is -0.947. The van der Waals surface area contributed by atoms with Gasteiger partial charge in [-0.05, 0) is 20.8 Å². The SMILES string of the molecule is C=CCN(CCC(=O)O)C(=O)OC(C)(C)C. The van der Waals surface area contributed by atoms with E-state index in [4.69, 9.17) is 9.84 Å². The van der Waals surface area contributed by atoms with Crippen molar-refractivity contribution in [2.45, 2.75) is 32.8 Å². The number of hydrogen-bond donors (Lipinski definition) is 1. The molecular formula is C11H19NO4. The predicted molar refractivity (Wildman–Crippen MR) is 60.3 cm³/mol. The van der Waals surface area contributed by atoms with Crippen LogP contribution < -0.4 is 0 Å². The van der Waals surface area contributed by atoms with Gasteiger partial charge in [-0.1, -0.05) is 6.08 Å². The highest BCUT2D eigenvalue weighted by Gasteiger charge is 2.21. The van der Waals surface area contributed by atoms with Crippen LogP contribution in [0.5, 0.6) is 0 Å². The molecule has 0 aromatic heterocycles. The van der Waals surface area contributed by atoms with Crippen LogP contribution in [-0.4, -0.2) is 40.8 Å². The minimum Gasteiger partial charge on any atom is -0.481 e. The molecule has 0 aromatic carbocycles. The fourth-order valence-corrected chi connectivity index (χ4v) is 0.970. The Hall–Kier alpha value is -1.52. The Balaban J connectivity index is 4.34. The third kappa shape index (κ3) is 6.86. The summed E-state index contributed by atoms with van der Waals surface area (Å²) >= 11 is 0. The lowest BCUT2D eigenvalue weighted by atomic mass is 10.2. The largest absolute Gasteiger partial charge is 0.481 e. The number of nitrogens with zero attached hydrogens (tertiary/aromatic N) is 1. The van der Waals surface area contributed by atoms with Gasteiger partial charge in [-0.2, -0.15) is 0 Å². The van der Waals surface area contributed by atoms with Gasteiger partial charge >= 0.3 is 12.1 Å². The molecule has 0 saturated carbocycles. The molecule has 5 nitrogen and oxygen atoms in total. The van der Waals surface area contributed by atoms with Crippen LogP contribution in [0.2, 0.25) is 0 Å². The number of aliphatic carboxylic acids is 1. The molecule has 0 aliphatic rings. The second-order valence-electron chi connectivity index (χ2n) is 4.36. The van der Waals surface area contributed by atoms with E-state index < -0.39 is 17.7 Å². The van der Waals surface area contributed by atoms with Gasteiger partial charge in [-0.15, -0.1) is 6.58 Å². The number of ether oxygens (including phenoxy) is 1. The van der Waals surface area contributed by atoms with Crippen LogP contribution in [0, 0.1) is 0 Å². The molecule has 0 fully saturated rings. The molecule has 0 heterocycles. The van der Waals surface area contributed by atoms with Crippen LogP contribution in [0.25, 0.3) is 0 Å². The van der Waals surface area contributed by atoms with Crippen LogP contribution in [0.1, 0.15) is 27.2 Å². The summed E-state index contributed by atoms with van der Waals surface area (Å²) in [6, 6.07) is 0. The van der Waals surface area contributed by atoms with Crippen LogP contribution in [-0.2, 0) is 9.53 Å². The van der Waals surface area contributed by atoms with E-state index >= 15 is 0 Å². The summed E-state index contributed by atoms with van der Waals surface area (Å²) in [7, 11) is 0. The van der Waals surface area contributed by atoms with E-state index in [0.29, 0.717) is 0 Å². The molecule has 1 amide bonds. The quantitative estimate of drug-likeness (QED) is 0.731.